The Morgan fingerprint density at radius 1 is 1.29 bits per heavy atom. The van der Waals surface area contributed by atoms with Crippen LogP contribution in [-0.4, -0.2) is 41.6 Å². The molecule has 5 heteroatoms. The van der Waals surface area contributed by atoms with Gasteiger partial charge < -0.3 is 19.5 Å². The van der Waals surface area contributed by atoms with E-state index in [1.54, 1.807) is 0 Å². The number of carbonyl (C=O) groups excluding carboxylic acids is 1. The number of nitrogens with one attached hydrogen (secondary N) is 1. The average molecular weight is 301 g/mol. The van der Waals surface area contributed by atoms with Crippen LogP contribution < -0.4 is 5.32 Å². The summed E-state index contributed by atoms with van der Waals surface area (Å²) in [5, 5.41) is 3.40. The molecule has 0 spiro atoms. The van der Waals surface area contributed by atoms with E-state index in [9.17, 15) is 4.79 Å². The second kappa shape index (κ2) is 6.63. The molecule has 0 amide bonds. The number of rotatable bonds is 5. The lowest BCUT2D eigenvalue weighted by Crippen LogP contribution is -2.49. The van der Waals surface area contributed by atoms with E-state index < -0.39 is 11.4 Å². The molecule has 3 atom stereocenters. The van der Waals surface area contributed by atoms with Gasteiger partial charge in [0.15, 0.2) is 5.79 Å². The van der Waals surface area contributed by atoms with Gasteiger partial charge in [-0.2, -0.15) is 0 Å². The second-order valence-electron chi connectivity index (χ2n) is 7.52. The lowest BCUT2D eigenvalue weighted by Gasteiger charge is -2.29. The molecule has 21 heavy (non-hydrogen) atoms. The Hall–Kier alpha value is -0.650. The molecule has 0 bridgehead atoms. The lowest BCUT2D eigenvalue weighted by atomic mass is 10.0. The Bertz CT molecular complexity index is 360. The maximum atomic E-state index is 12.1. The van der Waals surface area contributed by atoms with Gasteiger partial charge in [-0.1, -0.05) is 13.8 Å². The summed E-state index contributed by atoms with van der Waals surface area (Å²) in [6, 6.07) is 0.119. The molecule has 0 aliphatic carbocycles. The summed E-state index contributed by atoms with van der Waals surface area (Å²) in [4.78, 5) is 12.1. The minimum atomic E-state index is -0.616. The number of esters is 1. The van der Waals surface area contributed by atoms with Gasteiger partial charge in [0.05, 0.1) is 12.5 Å². The molecule has 1 aliphatic rings. The van der Waals surface area contributed by atoms with Gasteiger partial charge in [0.2, 0.25) is 0 Å². The quantitative estimate of drug-likeness (QED) is 0.791. The molecule has 124 valence electrons. The molecule has 0 aromatic heterocycles. The minimum absolute atomic E-state index is 0.0707. The molecule has 1 fully saturated rings. The van der Waals surface area contributed by atoms with Crippen molar-refractivity contribution < 1.29 is 19.0 Å². The van der Waals surface area contributed by atoms with Crippen molar-refractivity contribution in [3.8, 4) is 0 Å². The molecule has 1 rings (SSSR count). The lowest BCUT2D eigenvalue weighted by molar-refractivity contribution is -0.160. The first-order chi connectivity index (χ1) is 9.39. The van der Waals surface area contributed by atoms with Crippen molar-refractivity contribution >= 4 is 5.97 Å². The molecular weight excluding hydrogens is 270 g/mol. The van der Waals surface area contributed by atoms with E-state index in [-0.39, 0.29) is 36.7 Å². The van der Waals surface area contributed by atoms with Crippen LogP contribution in [0.2, 0.25) is 0 Å². The van der Waals surface area contributed by atoms with Crippen LogP contribution in [0.25, 0.3) is 0 Å². The molecule has 1 saturated heterocycles. The SMILES string of the molecule is CC(C)N[C@@H](CC(=O)OC(C)(C)C)[C@H]1OC(C)(C)O[C@H]1C. The molecule has 1 aliphatic heterocycles. The summed E-state index contributed by atoms with van der Waals surface area (Å²) < 4.78 is 17.2. The third-order valence-corrected chi connectivity index (χ3v) is 3.10. The first kappa shape index (κ1) is 18.4. The van der Waals surface area contributed by atoms with Crippen molar-refractivity contribution in [3.05, 3.63) is 0 Å². The van der Waals surface area contributed by atoms with Crippen LogP contribution >= 0.6 is 0 Å². The highest BCUT2D eigenvalue weighted by molar-refractivity contribution is 5.70. The number of hydrogen-bond acceptors (Lipinski definition) is 5. The van der Waals surface area contributed by atoms with Gasteiger partial charge in [0.1, 0.15) is 11.7 Å². The maximum Gasteiger partial charge on any atom is 0.307 e. The van der Waals surface area contributed by atoms with Crippen LogP contribution in [0, 0.1) is 0 Å². The second-order valence-corrected chi connectivity index (χ2v) is 7.52. The smallest absolute Gasteiger partial charge is 0.307 e. The highest BCUT2D eigenvalue weighted by Gasteiger charge is 2.43. The van der Waals surface area contributed by atoms with Crippen molar-refractivity contribution in [1.29, 1.82) is 0 Å². The molecule has 5 nitrogen and oxygen atoms in total. The summed E-state index contributed by atoms with van der Waals surface area (Å²) in [5.74, 6) is -0.837. The predicted molar refractivity (Wildman–Crippen MR) is 82.0 cm³/mol. The van der Waals surface area contributed by atoms with Crippen molar-refractivity contribution in [2.75, 3.05) is 0 Å². The first-order valence-electron chi connectivity index (χ1n) is 7.73. The topological polar surface area (TPSA) is 56.8 Å². The van der Waals surface area contributed by atoms with Crippen molar-refractivity contribution in [2.24, 2.45) is 0 Å². The van der Waals surface area contributed by atoms with Gasteiger partial charge in [-0.15, -0.1) is 0 Å². The Kier molecular flexibility index (Phi) is 5.81. The first-order valence-corrected chi connectivity index (χ1v) is 7.73. The highest BCUT2D eigenvalue weighted by atomic mass is 16.8. The number of hydrogen-bond donors (Lipinski definition) is 1. The molecule has 0 saturated carbocycles. The number of carbonyl (C=O) groups is 1. The fraction of sp³-hybridized carbons (Fsp3) is 0.938. The highest BCUT2D eigenvalue weighted by Crippen LogP contribution is 2.31. The van der Waals surface area contributed by atoms with Crippen molar-refractivity contribution in [2.45, 2.75) is 97.5 Å². The van der Waals surface area contributed by atoms with Gasteiger partial charge in [-0.05, 0) is 41.5 Å². The minimum Gasteiger partial charge on any atom is -0.460 e. The van der Waals surface area contributed by atoms with Crippen LogP contribution in [0.5, 0.6) is 0 Å². The van der Waals surface area contributed by atoms with Gasteiger partial charge in [0.25, 0.3) is 0 Å². The molecule has 1 N–H and O–H groups in total. The van der Waals surface area contributed by atoms with Crippen LogP contribution in [0.3, 0.4) is 0 Å². The fourth-order valence-electron chi connectivity index (χ4n) is 2.64. The molecule has 0 unspecified atom stereocenters. The van der Waals surface area contributed by atoms with Crippen LogP contribution in [-0.2, 0) is 19.0 Å². The molecule has 0 aromatic carbocycles. The standard InChI is InChI=1S/C16H31NO4/c1-10(2)17-12(9-13(18)20-15(4,5)6)14-11(3)19-16(7,8)21-14/h10-12,14,17H,9H2,1-8H3/t11-,12-,14-/m0/s1. The van der Waals surface area contributed by atoms with E-state index in [2.05, 4.69) is 5.32 Å². The van der Waals surface area contributed by atoms with Crippen molar-refractivity contribution in [1.82, 2.24) is 5.32 Å². The largest absolute Gasteiger partial charge is 0.460 e. The van der Waals surface area contributed by atoms with E-state index in [0.29, 0.717) is 0 Å². The average Bonchev–Trinajstić information content (AvgIpc) is 2.47. The van der Waals surface area contributed by atoms with Gasteiger partial charge in [-0.3, -0.25) is 4.79 Å². The van der Waals surface area contributed by atoms with E-state index in [4.69, 9.17) is 14.2 Å². The molecular formula is C16H31NO4. The fourth-order valence-corrected chi connectivity index (χ4v) is 2.64. The summed E-state index contributed by atoms with van der Waals surface area (Å²) in [6.07, 6.45) is 0.0257. The zero-order valence-electron chi connectivity index (χ0n) is 14.6. The summed E-state index contributed by atoms with van der Waals surface area (Å²) in [6.45, 7) is 15.5. The summed E-state index contributed by atoms with van der Waals surface area (Å²) in [5.41, 5.74) is -0.475. The Balaban J connectivity index is 2.75. The van der Waals surface area contributed by atoms with E-state index in [0.717, 1.165) is 0 Å². The van der Waals surface area contributed by atoms with Crippen molar-refractivity contribution in [3.63, 3.8) is 0 Å². The molecule has 1 heterocycles. The maximum absolute atomic E-state index is 12.1. The zero-order chi connectivity index (χ0) is 16.4. The normalized spacial score (nSPS) is 26.9. The Labute approximate surface area is 128 Å². The molecule has 0 aromatic rings. The predicted octanol–water partition coefficient (Wildman–Crippen LogP) is 2.62. The summed E-state index contributed by atoms with van der Waals surface area (Å²) in [7, 11) is 0. The van der Waals surface area contributed by atoms with Gasteiger partial charge in [-0.25, -0.2) is 0 Å². The number of ether oxygens (including phenoxy) is 3. The van der Waals surface area contributed by atoms with E-state index >= 15 is 0 Å². The van der Waals surface area contributed by atoms with Crippen LogP contribution in [0.4, 0.5) is 0 Å². The Morgan fingerprint density at radius 3 is 2.24 bits per heavy atom. The third-order valence-electron chi connectivity index (χ3n) is 3.10. The third kappa shape index (κ3) is 6.32. The van der Waals surface area contributed by atoms with Crippen LogP contribution in [0.15, 0.2) is 0 Å². The van der Waals surface area contributed by atoms with E-state index in [1.165, 1.54) is 0 Å². The van der Waals surface area contributed by atoms with E-state index in [1.807, 2.05) is 55.4 Å². The van der Waals surface area contributed by atoms with Gasteiger partial charge in [0, 0.05) is 12.1 Å². The van der Waals surface area contributed by atoms with Crippen LogP contribution in [0.1, 0.15) is 61.8 Å². The Morgan fingerprint density at radius 2 is 1.86 bits per heavy atom. The molecule has 0 radical (unpaired) electrons. The van der Waals surface area contributed by atoms with Gasteiger partial charge >= 0.3 is 5.97 Å². The summed E-state index contributed by atoms with van der Waals surface area (Å²) >= 11 is 0. The monoisotopic (exact) mass is 301 g/mol. The zero-order valence-corrected chi connectivity index (χ0v) is 14.6.